The Balaban J connectivity index is 1.74. The molecule has 7 heteroatoms. The van der Waals surface area contributed by atoms with Gasteiger partial charge in [-0.1, -0.05) is 18.5 Å². The molecule has 0 bridgehead atoms. The monoisotopic (exact) mass is 368 g/mol. The molecule has 1 aromatic carbocycles. The summed E-state index contributed by atoms with van der Waals surface area (Å²) >= 11 is 6.25. The maximum atomic E-state index is 11.3. The van der Waals surface area contributed by atoms with E-state index in [1.54, 1.807) is 13.2 Å². The van der Waals surface area contributed by atoms with Crippen LogP contribution in [0.1, 0.15) is 25.3 Å². The van der Waals surface area contributed by atoms with Crippen LogP contribution in [0.25, 0.3) is 0 Å². The molecule has 0 aromatic heterocycles. The Morgan fingerprint density at radius 3 is 2.96 bits per heavy atom. The normalized spacial score (nSPS) is 23.7. The molecule has 2 heterocycles. The zero-order valence-electron chi connectivity index (χ0n) is 14.8. The Bertz CT molecular complexity index is 628. The number of methoxy groups -OCH3 is 1. The van der Waals surface area contributed by atoms with Crippen molar-refractivity contribution < 1.29 is 19.0 Å². The highest BCUT2D eigenvalue weighted by molar-refractivity contribution is 6.30. The lowest BCUT2D eigenvalue weighted by molar-refractivity contribution is -0.142. The molecule has 0 saturated carbocycles. The van der Waals surface area contributed by atoms with E-state index in [4.69, 9.17) is 25.8 Å². The average molecular weight is 369 g/mol. The predicted octanol–water partition coefficient (Wildman–Crippen LogP) is 2.23. The van der Waals surface area contributed by atoms with Gasteiger partial charge in [0, 0.05) is 42.8 Å². The first kappa shape index (κ1) is 18.3. The van der Waals surface area contributed by atoms with E-state index in [0.717, 1.165) is 37.2 Å². The summed E-state index contributed by atoms with van der Waals surface area (Å²) < 4.78 is 17.2. The molecule has 1 N–H and O–H groups in total. The summed E-state index contributed by atoms with van der Waals surface area (Å²) in [6.07, 6.45) is 1.82. The van der Waals surface area contributed by atoms with Crippen LogP contribution in [0.15, 0.2) is 12.1 Å². The van der Waals surface area contributed by atoms with Crippen LogP contribution in [-0.4, -0.2) is 56.4 Å². The third-order valence-electron chi connectivity index (χ3n) is 4.67. The smallest absolute Gasteiger partial charge is 0.246 e. The molecule has 6 nitrogen and oxygen atoms in total. The fourth-order valence-electron chi connectivity index (χ4n) is 3.41. The Morgan fingerprint density at radius 2 is 2.28 bits per heavy atom. The fourth-order valence-corrected chi connectivity index (χ4v) is 3.64. The maximum Gasteiger partial charge on any atom is 0.246 e. The van der Waals surface area contributed by atoms with Gasteiger partial charge in [-0.3, -0.25) is 9.69 Å². The minimum atomic E-state index is -0.277. The van der Waals surface area contributed by atoms with E-state index >= 15 is 0 Å². The molecular weight excluding hydrogens is 344 g/mol. The van der Waals surface area contributed by atoms with Gasteiger partial charge in [0.25, 0.3) is 0 Å². The number of nitrogens with one attached hydrogen (secondary N) is 1. The Labute approximate surface area is 153 Å². The quantitative estimate of drug-likeness (QED) is 0.834. The fraction of sp³-hybridized carbons (Fsp3) is 0.611. The molecule has 2 saturated heterocycles. The average Bonchev–Trinajstić information content (AvgIpc) is 2.99. The van der Waals surface area contributed by atoms with Crippen molar-refractivity contribution >= 4 is 17.5 Å². The molecule has 3 rings (SSSR count). The standard InChI is InChI=1S/C18H25ClN2O4/c1-3-6-24-17-13(7-14(19)8-15(17)23-2)9-21-5-4-18(12-21)11-20-16(22)10-25-18/h7-8H,3-6,9-12H2,1-2H3,(H,20,22). The van der Waals surface area contributed by atoms with Crippen LogP contribution >= 0.6 is 11.6 Å². The summed E-state index contributed by atoms with van der Waals surface area (Å²) in [5.41, 5.74) is 0.732. The minimum absolute atomic E-state index is 0.0427. The highest BCUT2D eigenvalue weighted by atomic mass is 35.5. The number of nitrogens with zero attached hydrogens (tertiary/aromatic N) is 1. The molecule has 0 radical (unpaired) electrons. The van der Waals surface area contributed by atoms with Gasteiger partial charge in [-0.05, 0) is 18.9 Å². The number of carbonyl (C=O) groups excluding carboxylic acids is 1. The molecule has 2 aliphatic heterocycles. The first-order valence-corrected chi connectivity index (χ1v) is 9.05. The summed E-state index contributed by atoms with van der Waals surface area (Å²) in [6.45, 7) is 5.79. The molecule has 2 fully saturated rings. The van der Waals surface area contributed by atoms with E-state index in [9.17, 15) is 4.79 Å². The van der Waals surface area contributed by atoms with Crippen LogP contribution in [0.2, 0.25) is 5.02 Å². The van der Waals surface area contributed by atoms with Gasteiger partial charge in [-0.25, -0.2) is 0 Å². The van der Waals surface area contributed by atoms with Gasteiger partial charge in [0.2, 0.25) is 5.91 Å². The van der Waals surface area contributed by atoms with Crippen LogP contribution in [0, 0.1) is 0 Å². The van der Waals surface area contributed by atoms with Gasteiger partial charge in [0.1, 0.15) is 6.61 Å². The molecule has 1 amide bonds. The van der Waals surface area contributed by atoms with Gasteiger partial charge in [-0.2, -0.15) is 0 Å². The molecule has 1 atom stereocenters. The van der Waals surface area contributed by atoms with E-state index in [2.05, 4.69) is 17.1 Å². The second-order valence-electron chi connectivity index (χ2n) is 6.65. The van der Waals surface area contributed by atoms with Crippen LogP contribution in [-0.2, 0) is 16.1 Å². The number of benzene rings is 1. The molecule has 138 valence electrons. The number of hydrogen-bond donors (Lipinski definition) is 1. The SMILES string of the molecule is CCCOc1c(CN2CCC3(CNC(=O)CO3)C2)cc(Cl)cc1OC. The second kappa shape index (κ2) is 7.81. The summed E-state index contributed by atoms with van der Waals surface area (Å²) in [5, 5.41) is 3.54. The highest BCUT2D eigenvalue weighted by Gasteiger charge is 2.42. The van der Waals surface area contributed by atoms with E-state index in [0.29, 0.717) is 30.5 Å². The van der Waals surface area contributed by atoms with E-state index < -0.39 is 0 Å². The van der Waals surface area contributed by atoms with Gasteiger partial charge < -0.3 is 19.5 Å². The molecule has 1 unspecified atom stereocenters. The van der Waals surface area contributed by atoms with Crippen molar-refractivity contribution in [1.82, 2.24) is 10.2 Å². The van der Waals surface area contributed by atoms with Crippen LogP contribution in [0.4, 0.5) is 0 Å². The number of rotatable bonds is 6. The minimum Gasteiger partial charge on any atom is -0.493 e. The van der Waals surface area contributed by atoms with Crippen molar-refractivity contribution in [3.8, 4) is 11.5 Å². The largest absolute Gasteiger partial charge is 0.493 e. The second-order valence-corrected chi connectivity index (χ2v) is 7.09. The predicted molar refractivity (Wildman–Crippen MR) is 95.4 cm³/mol. The number of amides is 1. The van der Waals surface area contributed by atoms with Crippen molar-refractivity contribution in [2.75, 3.05) is 40.0 Å². The van der Waals surface area contributed by atoms with Crippen molar-refractivity contribution in [1.29, 1.82) is 0 Å². The molecular formula is C18H25ClN2O4. The van der Waals surface area contributed by atoms with Gasteiger partial charge in [-0.15, -0.1) is 0 Å². The first-order valence-electron chi connectivity index (χ1n) is 8.67. The van der Waals surface area contributed by atoms with Crippen molar-refractivity contribution in [2.24, 2.45) is 0 Å². The number of morpholine rings is 1. The van der Waals surface area contributed by atoms with Crippen molar-refractivity contribution in [3.63, 3.8) is 0 Å². The van der Waals surface area contributed by atoms with E-state index in [-0.39, 0.29) is 18.1 Å². The van der Waals surface area contributed by atoms with Gasteiger partial charge in [0.05, 0.1) is 19.3 Å². The highest BCUT2D eigenvalue weighted by Crippen LogP contribution is 2.37. The van der Waals surface area contributed by atoms with E-state index in [1.165, 1.54) is 0 Å². The van der Waals surface area contributed by atoms with E-state index in [1.807, 2.05) is 6.07 Å². The third kappa shape index (κ3) is 4.19. The zero-order chi connectivity index (χ0) is 17.9. The van der Waals surface area contributed by atoms with Crippen LogP contribution < -0.4 is 14.8 Å². The lowest BCUT2D eigenvalue weighted by Gasteiger charge is -2.33. The van der Waals surface area contributed by atoms with Crippen molar-refractivity contribution in [3.05, 3.63) is 22.7 Å². The number of hydrogen-bond acceptors (Lipinski definition) is 5. The molecule has 1 aromatic rings. The molecule has 25 heavy (non-hydrogen) atoms. The summed E-state index contributed by atoms with van der Waals surface area (Å²) in [7, 11) is 1.62. The van der Waals surface area contributed by atoms with Crippen LogP contribution in [0.3, 0.4) is 0 Å². The Hall–Kier alpha value is -1.50. The van der Waals surface area contributed by atoms with Crippen LogP contribution in [0.5, 0.6) is 11.5 Å². The lowest BCUT2D eigenvalue weighted by atomic mass is 10.0. The third-order valence-corrected chi connectivity index (χ3v) is 4.89. The zero-order valence-corrected chi connectivity index (χ0v) is 15.5. The topological polar surface area (TPSA) is 60.0 Å². The first-order chi connectivity index (χ1) is 12.0. The number of ether oxygens (including phenoxy) is 3. The Morgan fingerprint density at radius 1 is 1.44 bits per heavy atom. The van der Waals surface area contributed by atoms with Gasteiger partial charge >= 0.3 is 0 Å². The maximum absolute atomic E-state index is 11.3. The van der Waals surface area contributed by atoms with Gasteiger partial charge in [0.15, 0.2) is 11.5 Å². The summed E-state index contributed by atoms with van der Waals surface area (Å²) in [4.78, 5) is 13.6. The molecule has 0 aliphatic carbocycles. The lowest BCUT2D eigenvalue weighted by Crippen LogP contribution is -2.53. The number of carbonyl (C=O) groups is 1. The van der Waals surface area contributed by atoms with Crippen molar-refractivity contribution in [2.45, 2.75) is 31.9 Å². The number of likely N-dealkylation sites (tertiary alicyclic amines) is 1. The summed E-state index contributed by atoms with van der Waals surface area (Å²) in [6, 6.07) is 3.71. The molecule has 1 spiro atoms. The molecule has 2 aliphatic rings. The number of halogens is 1. The Kier molecular flexibility index (Phi) is 5.71. The summed E-state index contributed by atoms with van der Waals surface area (Å²) in [5.74, 6) is 1.37.